The van der Waals surface area contributed by atoms with Crippen molar-refractivity contribution in [1.82, 2.24) is 9.97 Å². The van der Waals surface area contributed by atoms with E-state index in [1.807, 2.05) is 17.8 Å². The van der Waals surface area contributed by atoms with Crippen LogP contribution >= 0.6 is 11.8 Å². The van der Waals surface area contributed by atoms with Gasteiger partial charge in [0.15, 0.2) is 9.84 Å². The van der Waals surface area contributed by atoms with Crippen LogP contribution in [0.4, 0.5) is 0 Å². The number of para-hydroxylation sites is 1. The molecule has 0 saturated carbocycles. The van der Waals surface area contributed by atoms with Gasteiger partial charge in [-0.15, -0.1) is 0 Å². The molecule has 1 saturated heterocycles. The highest BCUT2D eigenvalue weighted by Gasteiger charge is 2.18. The van der Waals surface area contributed by atoms with Gasteiger partial charge in [0, 0.05) is 12.7 Å². The van der Waals surface area contributed by atoms with E-state index in [1.54, 1.807) is 12.1 Å². The van der Waals surface area contributed by atoms with Crippen LogP contribution in [-0.4, -0.2) is 36.1 Å². The van der Waals surface area contributed by atoms with Crippen LogP contribution < -0.4 is 0 Å². The number of fused-ring (bicyclic) bond motifs is 1. The predicted molar refractivity (Wildman–Crippen MR) is 83.0 cm³/mol. The first-order valence-corrected chi connectivity index (χ1v) is 9.84. The van der Waals surface area contributed by atoms with Crippen LogP contribution in [0, 0.1) is 5.92 Å². The van der Waals surface area contributed by atoms with Crippen molar-refractivity contribution >= 4 is 32.6 Å². The maximum absolute atomic E-state index is 11.8. The molecule has 4 nitrogen and oxygen atoms in total. The zero-order valence-corrected chi connectivity index (χ0v) is 13.1. The van der Waals surface area contributed by atoms with Gasteiger partial charge in [0.2, 0.25) is 0 Å². The van der Waals surface area contributed by atoms with E-state index in [2.05, 4.69) is 9.97 Å². The van der Waals surface area contributed by atoms with Crippen molar-refractivity contribution in [1.29, 1.82) is 0 Å². The van der Waals surface area contributed by atoms with Crippen LogP contribution in [0.15, 0.2) is 23.1 Å². The summed E-state index contributed by atoms with van der Waals surface area (Å²) in [6.45, 7) is 0. The fraction of sp³-hybridized carbons (Fsp3) is 0.500. The van der Waals surface area contributed by atoms with E-state index in [4.69, 9.17) is 0 Å². The standard InChI is InChI=1S/C14H18N2O2S2/c1-20(17,18)12-4-2-3-11-14(12)16-13(15-11)9-10-5-7-19-8-6-10/h2-4,10H,5-9H2,1H3,(H,15,16). The minimum atomic E-state index is -3.24. The summed E-state index contributed by atoms with van der Waals surface area (Å²) in [4.78, 5) is 8.12. The topological polar surface area (TPSA) is 62.8 Å². The lowest BCUT2D eigenvalue weighted by molar-refractivity contribution is 0.478. The van der Waals surface area contributed by atoms with E-state index in [-0.39, 0.29) is 0 Å². The number of hydrogen-bond acceptors (Lipinski definition) is 4. The smallest absolute Gasteiger partial charge is 0.177 e. The minimum Gasteiger partial charge on any atom is -0.342 e. The van der Waals surface area contributed by atoms with Crippen molar-refractivity contribution in [3.63, 3.8) is 0 Å². The number of sulfone groups is 1. The second-order valence-corrected chi connectivity index (χ2v) is 8.58. The van der Waals surface area contributed by atoms with Gasteiger partial charge in [-0.05, 0) is 42.4 Å². The highest BCUT2D eigenvalue weighted by molar-refractivity contribution is 7.99. The number of thioether (sulfide) groups is 1. The summed E-state index contributed by atoms with van der Waals surface area (Å²) in [6.07, 6.45) is 4.59. The van der Waals surface area contributed by atoms with E-state index < -0.39 is 9.84 Å². The largest absolute Gasteiger partial charge is 0.342 e. The molecule has 2 heterocycles. The predicted octanol–water partition coefficient (Wildman–Crippen LogP) is 2.65. The molecule has 0 bridgehead atoms. The lowest BCUT2D eigenvalue weighted by Gasteiger charge is -2.19. The Morgan fingerprint density at radius 1 is 1.35 bits per heavy atom. The Balaban J connectivity index is 1.94. The average molecular weight is 310 g/mol. The third-order valence-corrected chi connectivity index (χ3v) is 5.92. The van der Waals surface area contributed by atoms with E-state index in [0.29, 0.717) is 16.3 Å². The van der Waals surface area contributed by atoms with Crippen molar-refractivity contribution in [2.45, 2.75) is 24.2 Å². The summed E-state index contributed by atoms with van der Waals surface area (Å²) in [7, 11) is -3.24. The van der Waals surface area contributed by atoms with Gasteiger partial charge in [-0.1, -0.05) is 6.07 Å². The molecule has 0 radical (unpaired) electrons. The Morgan fingerprint density at radius 3 is 2.80 bits per heavy atom. The quantitative estimate of drug-likeness (QED) is 0.946. The Bertz CT molecular complexity index is 716. The maximum atomic E-state index is 11.8. The van der Waals surface area contributed by atoms with Gasteiger partial charge < -0.3 is 4.98 Å². The molecular formula is C14H18N2O2S2. The molecule has 108 valence electrons. The number of nitrogens with zero attached hydrogens (tertiary/aromatic N) is 1. The van der Waals surface area contributed by atoms with Crippen LogP contribution in [0.3, 0.4) is 0 Å². The van der Waals surface area contributed by atoms with Crippen LogP contribution in [0.25, 0.3) is 11.0 Å². The molecule has 1 N–H and O–H groups in total. The molecule has 1 aliphatic rings. The van der Waals surface area contributed by atoms with Gasteiger partial charge in [-0.25, -0.2) is 13.4 Å². The summed E-state index contributed by atoms with van der Waals surface area (Å²) >= 11 is 2.01. The van der Waals surface area contributed by atoms with Crippen LogP contribution in [0.2, 0.25) is 0 Å². The number of nitrogens with one attached hydrogen (secondary N) is 1. The molecule has 1 aromatic carbocycles. The molecule has 6 heteroatoms. The number of hydrogen-bond donors (Lipinski definition) is 1. The van der Waals surface area contributed by atoms with Crippen molar-refractivity contribution in [2.75, 3.05) is 17.8 Å². The summed E-state index contributed by atoms with van der Waals surface area (Å²) in [5.74, 6) is 4.02. The zero-order chi connectivity index (χ0) is 14.2. The normalized spacial score (nSPS) is 17.6. The molecule has 3 rings (SSSR count). The fourth-order valence-electron chi connectivity index (χ4n) is 2.68. The summed E-state index contributed by atoms with van der Waals surface area (Å²) in [6, 6.07) is 5.27. The van der Waals surface area contributed by atoms with Crippen molar-refractivity contribution in [3.8, 4) is 0 Å². The van der Waals surface area contributed by atoms with Crippen molar-refractivity contribution < 1.29 is 8.42 Å². The van der Waals surface area contributed by atoms with E-state index in [1.165, 1.54) is 30.6 Å². The molecule has 1 aromatic heterocycles. The fourth-order valence-corrected chi connectivity index (χ4v) is 4.71. The lowest BCUT2D eigenvalue weighted by Crippen LogP contribution is -2.12. The third-order valence-electron chi connectivity index (χ3n) is 3.75. The Kier molecular flexibility index (Phi) is 3.77. The van der Waals surface area contributed by atoms with E-state index in [0.717, 1.165) is 17.8 Å². The zero-order valence-electron chi connectivity index (χ0n) is 11.4. The van der Waals surface area contributed by atoms with E-state index >= 15 is 0 Å². The Morgan fingerprint density at radius 2 is 2.10 bits per heavy atom. The molecule has 1 aliphatic heterocycles. The van der Waals surface area contributed by atoms with Crippen molar-refractivity contribution in [2.24, 2.45) is 5.92 Å². The minimum absolute atomic E-state index is 0.316. The second kappa shape index (κ2) is 5.41. The summed E-state index contributed by atoms with van der Waals surface area (Å²) in [5, 5.41) is 0. The molecule has 0 amide bonds. The highest BCUT2D eigenvalue weighted by Crippen LogP contribution is 2.27. The number of imidazole rings is 1. The summed E-state index contributed by atoms with van der Waals surface area (Å²) < 4.78 is 23.6. The highest BCUT2D eigenvalue weighted by atomic mass is 32.2. The molecule has 0 unspecified atom stereocenters. The van der Waals surface area contributed by atoms with Crippen molar-refractivity contribution in [3.05, 3.63) is 24.0 Å². The maximum Gasteiger partial charge on any atom is 0.177 e. The first-order chi connectivity index (χ1) is 9.54. The van der Waals surface area contributed by atoms with Gasteiger partial charge >= 0.3 is 0 Å². The van der Waals surface area contributed by atoms with Crippen LogP contribution in [-0.2, 0) is 16.3 Å². The SMILES string of the molecule is CS(=O)(=O)c1cccc2[nH]c(CC3CCSCC3)nc12. The van der Waals surface area contributed by atoms with Gasteiger partial charge in [0.25, 0.3) is 0 Å². The van der Waals surface area contributed by atoms with Gasteiger partial charge in [-0.2, -0.15) is 11.8 Å². The monoisotopic (exact) mass is 310 g/mol. The Labute approximate surface area is 123 Å². The van der Waals surface area contributed by atoms with Gasteiger partial charge in [0.1, 0.15) is 11.3 Å². The average Bonchev–Trinajstić information content (AvgIpc) is 2.80. The number of H-pyrrole nitrogens is 1. The van der Waals surface area contributed by atoms with Crippen LogP contribution in [0.1, 0.15) is 18.7 Å². The second-order valence-electron chi connectivity index (χ2n) is 5.37. The molecule has 0 aliphatic carbocycles. The van der Waals surface area contributed by atoms with Gasteiger partial charge in [-0.3, -0.25) is 0 Å². The number of aromatic nitrogens is 2. The molecule has 2 aromatic rings. The first-order valence-electron chi connectivity index (χ1n) is 6.79. The molecule has 0 spiro atoms. The van der Waals surface area contributed by atoms with E-state index in [9.17, 15) is 8.42 Å². The first kappa shape index (κ1) is 13.9. The molecule has 0 atom stereocenters. The molecule has 1 fully saturated rings. The number of aromatic amines is 1. The number of benzene rings is 1. The third kappa shape index (κ3) is 2.86. The summed E-state index contributed by atoms with van der Waals surface area (Å²) in [5.41, 5.74) is 1.39. The molecular weight excluding hydrogens is 292 g/mol. The lowest BCUT2D eigenvalue weighted by atomic mass is 9.99. The Hall–Kier alpha value is -1.01. The molecule has 20 heavy (non-hydrogen) atoms. The van der Waals surface area contributed by atoms with Crippen LogP contribution in [0.5, 0.6) is 0 Å². The number of rotatable bonds is 3. The van der Waals surface area contributed by atoms with Gasteiger partial charge in [0.05, 0.1) is 10.4 Å².